The van der Waals surface area contributed by atoms with E-state index in [1.165, 1.54) is 6.42 Å². The van der Waals surface area contributed by atoms with E-state index in [-0.39, 0.29) is 11.7 Å². The molecule has 1 heterocycles. The van der Waals surface area contributed by atoms with Crippen LogP contribution in [0.3, 0.4) is 0 Å². The minimum atomic E-state index is -0.369. The molecule has 0 spiro atoms. The van der Waals surface area contributed by atoms with Gasteiger partial charge in [0.05, 0.1) is 18.3 Å². The number of piperidine rings is 1. The molecule has 0 aromatic rings. The van der Waals surface area contributed by atoms with Gasteiger partial charge < -0.3 is 14.7 Å². The van der Waals surface area contributed by atoms with Crippen LogP contribution in [0.15, 0.2) is 0 Å². The number of aliphatic hydroxyl groups excluding tert-OH is 1. The minimum Gasteiger partial charge on any atom is -0.389 e. The van der Waals surface area contributed by atoms with Crippen molar-refractivity contribution in [1.29, 1.82) is 0 Å². The molecule has 3 heteroatoms. The molecule has 0 amide bonds. The monoisotopic (exact) mass is 243 g/mol. The Hall–Kier alpha value is -0.120. The van der Waals surface area contributed by atoms with Crippen LogP contribution in [-0.2, 0) is 4.74 Å². The van der Waals surface area contributed by atoms with Crippen molar-refractivity contribution in [2.24, 2.45) is 11.8 Å². The van der Waals surface area contributed by atoms with Gasteiger partial charge >= 0.3 is 0 Å². The van der Waals surface area contributed by atoms with E-state index in [1.807, 2.05) is 20.8 Å². The lowest BCUT2D eigenvalue weighted by Gasteiger charge is -2.36. The van der Waals surface area contributed by atoms with Crippen molar-refractivity contribution in [3.05, 3.63) is 0 Å². The van der Waals surface area contributed by atoms with Crippen molar-refractivity contribution in [2.75, 3.05) is 26.2 Å². The van der Waals surface area contributed by atoms with Crippen molar-refractivity contribution in [1.82, 2.24) is 4.90 Å². The van der Waals surface area contributed by atoms with Gasteiger partial charge in [-0.2, -0.15) is 0 Å². The van der Waals surface area contributed by atoms with Crippen molar-refractivity contribution >= 4 is 0 Å². The van der Waals surface area contributed by atoms with Crippen LogP contribution in [0.5, 0.6) is 0 Å². The Balaban J connectivity index is 2.28. The summed E-state index contributed by atoms with van der Waals surface area (Å²) in [5, 5.41) is 9.97. The van der Waals surface area contributed by atoms with Crippen LogP contribution in [0.4, 0.5) is 0 Å². The third kappa shape index (κ3) is 6.39. The van der Waals surface area contributed by atoms with Crippen molar-refractivity contribution < 1.29 is 9.84 Å². The summed E-state index contributed by atoms with van der Waals surface area (Å²) in [5.74, 6) is 1.49. The molecule has 3 atom stereocenters. The second-order valence-corrected chi connectivity index (χ2v) is 6.74. The van der Waals surface area contributed by atoms with Crippen LogP contribution in [0.1, 0.15) is 41.0 Å². The lowest BCUT2D eigenvalue weighted by Crippen LogP contribution is -2.44. The quantitative estimate of drug-likeness (QED) is 0.821. The number of nitrogens with zero attached hydrogens (tertiary/aromatic N) is 1. The molecule has 0 bridgehead atoms. The molecule has 1 rings (SSSR count). The summed E-state index contributed by atoms with van der Waals surface area (Å²) in [4.78, 5) is 2.37. The molecule has 0 aromatic heterocycles. The molecule has 102 valence electrons. The summed E-state index contributed by atoms with van der Waals surface area (Å²) in [7, 11) is 0. The first-order valence-electron chi connectivity index (χ1n) is 6.80. The molecule has 1 saturated heterocycles. The summed E-state index contributed by atoms with van der Waals surface area (Å²) in [6.07, 6.45) is 0.942. The number of rotatable bonds is 4. The van der Waals surface area contributed by atoms with Crippen LogP contribution in [0.2, 0.25) is 0 Å². The molecule has 3 unspecified atom stereocenters. The standard InChI is InChI=1S/C14H29NO2/c1-11-6-12(2)8-15(7-11)9-13(16)10-17-14(3,4)5/h11-13,16H,6-10H2,1-5H3. The summed E-state index contributed by atoms with van der Waals surface area (Å²) < 4.78 is 5.61. The lowest BCUT2D eigenvalue weighted by atomic mass is 9.92. The third-order valence-electron chi connectivity index (χ3n) is 3.12. The predicted octanol–water partition coefficient (Wildman–Crippen LogP) is 2.14. The molecule has 1 N–H and O–H groups in total. The number of β-amino-alcohol motifs (C(OH)–C–C–N with tert-alkyl or cyclic N) is 1. The van der Waals surface area contributed by atoms with Crippen molar-refractivity contribution in [3.8, 4) is 0 Å². The Morgan fingerprint density at radius 3 is 2.24 bits per heavy atom. The van der Waals surface area contributed by atoms with Crippen LogP contribution in [0.25, 0.3) is 0 Å². The second kappa shape index (κ2) is 6.17. The maximum atomic E-state index is 9.97. The zero-order valence-electron chi connectivity index (χ0n) is 12.1. The smallest absolute Gasteiger partial charge is 0.0900 e. The predicted molar refractivity (Wildman–Crippen MR) is 71.1 cm³/mol. The van der Waals surface area contributed by atoms with Gasteiger partial charge in [-0.3, -0.25) is 0 Å². The van der Waals surface area contributed by atoms with Gasteiger partial charge in [0.15, 0.2) is 0 Å². The van der Waals surface area contributed by atoms with Gasteiger partial charge in [-0.25, -0.2) is 0 Å². The molecule has 1 fully saturated rings. The highest BCUT2D eigenvalue weighted by Crippen LogP contribution is 2.21. The first kappa shape index (κ1) is 14.9. The molecule has 1 aliphatic heterocycles. The van der Waals surface area contributed by atoms with Gasteiger partial charge in [0, 0.05) is 19.6 Å². The molecule has 0 radical (unpaired) electrons. The van der Waals surface area contributed by atoms with Gasteiger partial charge in [0.2, 0.25) is 0 Å². The van der Waals surface area contributed by atoms with E-state index in [9.17, 15) is 5.11 Å². The van der Waals surface area contributed by atoms with E-state index in [0.717, 1.165) is 31.5 Å². The number of hydrogen-bond donors (Lipinski definition) is 1. The molecule has 17 heavy (non-hydrogen) atoms. The molecule has 1 aliphatic rings. The Labute approximate surface area is 106 Å². The summed E-state index contributed by atoms with van der Waals surface area (Å²) in [6.45, 7) is 14.0. The van der Waals surface area contributed by atoms with E-state index < -0.39 is 0 Å². The van der Waals surface area contributed by atoms with Gasteiger partial charge in [-0.05, 0) is 39.0 Å². The zero-order valence-corrected chi connectivity index (χ0v) is 12.1. The largest absolute Gasteiger partial charge is 0.389 e. The van der Waals surface area contributed by atoms with Crippen molar-refractivity contribution in [2.45, 2.75) is 52.7 Å². The van der Waals surface area contributed by atoms with E-state index in [2.05, 4.69) is 18.7 Å². The maximum Gasteiger partial charge on any atom is 0.0900 e. The fourth-order valence-electron chi connectivity index (χ4n) is 2.64. The highest BCUT2D eigenvalue weighted by molar-refractivity contribution is 4.76. The molecular formula is C14H29NO2. The zero-order chi connectivity index (χ0) is 13.1. The highest BCUT2D eigenvalue weighted by atomic mass is 16.5. The first-order valence-corrected chi connectivity index (χ1v) is 6.80. The molecule has 3 nitrogen and oxygen atoms in total. The molecule has 0 aliphatic carbocycles. The van der Waals surface area contributed by atoms with E-state index in [0.29, 0.717) is 6.61 Å². The lowest BCUT2D eigenvalue weighted by molar-refractivity contribution is -0.0596. The number of hydrogen-bond acceptors (Lipinski definition) is 3. The number of aliphatic hydroxyl groups is 1. The van der Waals surface area contributed by atoms with Gasteiger partial charge in [-0.1, -0.05) is 13.8 Å². The summed E-state index contributed by atoms with van der Waals surface area (Å²) in [6, 6.07) is 0. The van der Waals surface area contributed by atoms with Crippen LogP contribution < -0.4 is 0 Å². The summed E-state index contributed by atoms with van der Waals surface area (Å²) in [5.41, 5.74) is -0.163. The van der Waals surface area contributed by atoms with Gasteiger partial charge in [0.25, 0.3) is 0 Å². The average Bonchev–Trinajstić information content (AvgIpc) is 2.11. The van der Waals surface area contributed by atoms with E-state index >= 15 is 0 Å². The Morgan fingerprint density at radius 1 is 1.24 bits per heavy atom. The molecule has 0 aromatic carbocycles. The maximum absolute atomic E-state index is 9.97. The SMILES string of the molecule is CC1CC(C)CN(CC(O)COC(C)(C)C)C1. The Morgan fingerprint density at radius 2 is 1.76 bits per heavy atom. The fraction of sp³-hybridized carbons (Fsp3) is 1.00. The third-order valence-corrected chi connectivity index (χ3v) is 3.12. The average molecular weight is 243 g/mol. The van der Waals surface area contributed by atoms with E-state index in [1.54, 1.807) is 0 Å². The van der Waals surface area contributed by atoms with Gasteiger partial charge in [0.1, 0.15) is 0 Å². The van der Waals surface area contributed by atoms with Gasteiger partial charge in [-0.15, -0.1) is 0 Å². The normalized spacial score (nSPS) is 29.3. The minimum absolute atomic E-state index is 0.163. The Bertz CT molecular complexity index is 215. The van der Waals surface area contributed by atoms with Crippen LogP contribution in [-0.4, -0.2) is 48.0 Å². The number of likely N-dealkylation sites (tertiary alicyclic amines) is 1. The molecule has 0 saturated carbocycles. The molecular weight excluding hydrogens is 214 g/mol. The Kier molecular flexibility index (Phi) is 5.42. The fourth-order valence-corrected chi connectivity index (χ4v) is 2.64. The topological polar surface area (TPSA) is 32.7 Å². The highest BCUT2D eigenvalue weighted by Gasteiger charge is 2.24. The van der Waals surface area contributed by atoms with E-state index in [4.69, 9.17) is 4.74 Å². The van der Waals surface area contributed by atoms with Crippen molar-refractivity contribution in [3.63, 3.8) is 0 Å². The van der Waals surface area contributed by atoms with Crippen LogP contribution >= 0.6 is 0 Å². The second-order valence-electron chi connectivity index (χ2n) is 6.74. The van der Waals surface area contributed by atoms with Crippen LogP contribution in [0, 0.1) is 11.8 Å². The number of ether oxygens (including phenoxy) is 1. The summed E-state index contributed by atoms with van der Waals surface area (Å²) >= 11 is 0. The first-order chi connectivity index (χ1) is 7.76.